The van der Waals surface area contributed by atoms with Gasteiger partial charge in [-0.15, -0.1) is 0 Å². The molecule has 140 valence electrons. The molecule has 0 aliphatic heterocycles. The summed E-state index contributed by atoms with van der Waals surface area (Å²) in [5.74, 6) is -3.94. The molecule has 0 heterocycles. The zero-order valence-corrected chi connectivity index (χ0v) is 15.9. The van der Waals surface area contributed by atoms with Crippen LogP contribution in [0.5, 0.6) is 0 Å². The third-order valence-corrected chi connectivity index (χ3v) is 5.77. The summed E-state index contributed by atoms with van der Waals surface area (Å²) in [7, 11) is -1.23. The highest BCUT2D eigenvalue weighted by Crippen LogP contribution is 2.46. The van der Waals surface area contributed by atoms with Gasteiger partial charge in [-0.1, -0.05) is 18.2 Å². The maximum Gasteiger partial charge on any atom is 0.310 e. The molecule has 0 radical (unpaired) electrons. The highest BCUT2D eigenvalue weighted by molar-refractivity contribution is 7.84. The van der Waals surface area contributed by atoms with E-state index in [4.69, 9.17) is 0 Å². The molecule has 1 N–H and O–H groups in total. The van der Waals surface area contributed by atoms with Crippen LogP contribution in [0.4, 0.5) is 8.78 Å². The van der Waals surface area contributed by atoms with Crippen molar-refractivity contribution >= 4 is 34.0 Å². The second-order valence-corrected chi connectivity index (χ2v) is 7.81. The predicted molar refractivity (Wildman–Crippen MR) is 102 cm³/mol. The Hall–Kier alpha value is -2.60. The minimum absolute atomic E-state index is 0.377. The van der Waals surface area contributed by atoms with Crippen LogP contribution in [-0.2, 0) is 15.6 Å². The normalized spacial score (nSPS) is 17.1. The van der Waals surface area contributed by atoms with E-state index in [1.807, 2.05) is 0 Å². The molecule has 2 atom stereocenters. The van der Waals surface area contributed by atoms with Gasteiger partial charge in [0.2, 0.25) is 0 Å². The maximum absolute atomic E-state index is 13.9. The van der Waals surface area contributed by atoms with Crippen LogP contribution in [-0.4, -0.2) is 21.5 Å². The summed E-state index contributed by atoms with van der Waals surface area (Å²) in [4.78, 5) is 12.2. The van der Waals surface area contributed by atoms with Crippen molar-refractivity contribution in [3.8, 4) is 0 Å². The number of carboxylic acid groups (broad SMARTS) is 1. The van der Waals surface area contributed by atoms with Gasteiger partial charge in [0.25, 0.3) is 0 Å². The Kier molecular flexibility index (Phi) is 5.11. The second kappa shape index (κ2) is 7.19. The molecule has 0 saturated carbocycles. The number of benzene rings is 2. The fourth-order valence-electron chi connectivity index (χ4n) is 3.43. The van der Waals surface area contributed by atoms with Gasteiger partial charge < -0.3 is 5.11 Å². The number of allylic oxidation sites excluding steroid dienone is 2. The molecule has 0 fully saturated rings. The monoisotopic (exact) mass is 388 g/mol. The lowest BCUT2D eigenvalue weighted by atomic mass is 9.93. The Morgan fingerprint density at radius 2 is 1.74 bits per heavy atom. The fraction of sp³-hybridized carbons (Fsp3) is 0.190. The van der Waals surface area contributed by atoms with Gasteiger partial charge in [0.05, 0.1) is 16.7 Å². The van der Waals surface area contributed by atoms with E-state index in [-0.39, 0.29) is 0 Å². The zero-order chi connectivity index (χ0) is 19.9. The number of fused-ring (bicyclic) bond motifs is 1. The van der Waals surface area contributed by atoms with Crippen molar-refractivity contribution < 1.29 is 22.9 Å². The van der Waals surface area contributed by atoms with Crippen LogP contribution < -0.4 is 0 Å². The van der Waals surface area contributed by atoms with E-state index in [0.29, 0.717) is 38.3 Å². The SMILES string of the molecule is CC1=C(C(C)C(=O)O)c2cc(F)c(F)cc2/C1=C\c1ccccc1S(C)=O. The third-order valence-electron chi connectivity index (χ3n) is 4.78. The van der Waals surface area contributed by atoms with Crippen molar-refractivity contribution in [2.45, 2.75) is 18.7 Å². The van der Waals surface area contributed by atoms with E-state index in [0.717, 1.165) is 12.1 Å². The summed E-state index contributed by atoms with van der Waals surface area (Å²) < 4.78 is 39.8. The number of rotatable bonds is 4. The van der Waals surface area contributed by atoms with Gasteiger partial charge in [-0.3, -0.25) is 9.00 Å². The summed E-state index contributed by atoms with van der Waals surface area (Å²) in [5.41, 5.74) is 3.20. The number of carbonyl (C=O) groups is 1. The van der Waals surface area contributed by atoms with Gasteiger partial charge in [-0.25, -0.2) is 8.78 Å². The molecule has 1 aliphatic carbocycles. The van der Waals surface area contributed by atoms with Crippen molar-refractivity contribution in [2.24, 2.45) is 5.92 Å². The van der Waals surface area contributed by atoms with Crippen molar-refractivity contribution in [2.75, 3.05) is 6.26 Å². The fourth-order valence-corrected chi connectivity index (χ4v) is 4.16. The minimum Gasteiger partial charge on any atom is -0.481 e. The van der Waals surface area contributed by atoms with E-state index >= 15 is 0 Å². The van der Waals surface area contributed by atoms with Gasteiger partial charge in [0, 0.05) is 11.2 Å². The number of carboxylic acids is 1. The third kappa shape index (κ3) is 3.37. The van der Waals surface area contributed by atoms with Crippen LogP contribution >= 0.6 is 0 Å². The van der Waals surface area contributed by atoms with E-state index in [9.17, 15) is 22.9 Å². The molecular formula is C21H18F2O3S. The molecule has 2 aromatic carbocycles. The van der Waals surface area contributed by atoms with E-state index in [1.54, 1.807) is 43.5 Å². The predicted octanol–water partition coefficient (Wildman–Crippen LogP) is 4.75. The lowest BCUT2D eigenvalue weighted by Gasteiger charge is -2.11. The summed E-state index contributed by atoms with van der Waals surface area (Å²) >= 11 is 0. The Labute approximate surface area is 158 Å². The van der Waals surface area contributed by atoms with Crippen molar-refractivity contribution in [1.82, 2.24) is 0 Å². The molecule has 0 aromatic heterocycles. The van der Waals surface area contributed by atoms with Gasteiger partial charge >= 0.3 is 5.97 Å². The molecule has 27 heavy (non-hydrogen) atoms. The van der Waals surface area contributed by atoms with Crippen LogP contribution in [0, 0.1) is 17.6 Å². The van der Waals surface area contributed by atoms with Crippen LogP contribution in [0.3, 0.4) is 0 Å². The lowest BCUT2D eigenvalue weighted by Crippen LogP contribution is -2.11. The molecular weight excluding hydrogens is 370 g/mol. The first-order chi connectivity index (χ1) is 12.7. The molecule has 2 unspecified atom stereocenters. The summed E-state index contributed by atoms with van der Waals surface area (Å²) in [6.45, 7) is 3.26. The average Bonchev–Trinajstić information content (AvgIpc) is 2.86. The molecule has 0 bridgehead atoms. The molecule has 3 rings (SSSR count). The topological polar surface area (TPSA) is 54.4 Å². The summed E-state index contributed by atoms with van der Waals surface area (Å²) in [5, 5.41) is 9.44. The zero-order valence-electron chi connectivity index (χ0n) is 15.0. The van der Waals surface area contributed by atoms with Gasteiger partial charge in [0.15, 0.2) is 11.6 Å². The molecule has 0 saturated heterocycles. The average molecular weight is 388 g/mol. The number of hydrogen-bond acceptors (Lipinski definition) is 2. The molecule has 0 spiro atoms. The number of aliphatic carboxylic acids is 1. The van der Waals surface area contributed by atoms with E-state index in [2.05, 4.69) is 0 Å². The lowest BCUT2D eigenvalue weighted by molar-refractivity contribution is -0.139. The van der Waals surface area contributed by atoms with Crippen LogP contribution in [0.2, 0.25) is 0 Å². The van der Waals surface area contributed by atoms with Crippen LogP contribution in [0.25, 0.3) is 17.2 Å². The van der Waals surface area contributed by atoms with Crippen molar-refractivity contribution in [3.63, 3.8) is 0 Å². The van der Waals surface area contributed by atoms with E-state index < -0.39 is 34.3 Å². The van der Waals surface area contributed by atoms with E-state index in [1.165, 1.54) is 6.92 Å². The minimum atomic E-state index is -1.23. The molecule has 1 aliphatic rings. The second-order valence-electron chi connectivity index (χ2n) is 6.46. The Bertz CT molecular complexity index is 1040. The number of hydrogen-bond donors (Lipinski definition) is 1. The quantitative estimate of drug-likeness (QED) is 0.822. The first kappa shape index (κ1) is 19.2. The highest BCUT2D eigenvalue weighted by atomic mass is 32.2. The summed E-state index contributed by atoms with van der Waals surface area (Å²) in [6, 6.07) is 9.24. The summed E-state index contributed by atoms with van der Waals surface area (Å²) in [6.07, 6.45) is 3.32. The Balaban J connectivity index is 2.30. The first-order valence-electron chi connectivity index (χ1n) is 8.30. The molecule has 0 amide bonds. The molecule has 3 nitrogen and oxygen atoms in total. The van der Waals surface area contributed by atoms with Gasteiger partial charge in [0.1, 0.15) is 0 Å². The standard InChI is InChI=1S/C21H18F2O3S/c1-11-14(8-13-6-4-5-7-19(13)27(3)26)15-9-17(22)18(23)10-16(15)20(11)12(2)21(24)25/h4-10,12H,1-3H3,(H,24,25)/b14-8-. The molecule has 6 heteroatoms. The Morgan fingerprint density at radius 3 is 2.33 bits per heavy atom. The van der Waals surface area contributed by atoms with Crippen LogP contribution in [0.15, 0.2) is 46.9 Å². The Morgan fingerprint density at radius 1 is 1.15 bits per heavy atom. The largest absolute Gasteiger partial charge is 0.481 e. The molecule has 2 aromatic rings. The smallest absolute Gasteiger partial charge is 0.310 e. The van der Waals surface area contributed by atoms with Gasteiger partial charge in [-0.2, -0.15) is 0 Å². The van der Waals surface area contributed by atoms with Crippen LogP contribution in [0.1, 0.15) is 30.5 Å². The number of halogens is 2. The maximum atomic E-state index is 13.9. The highest BCUT2D eigenvalue weighted by Gasteiger charge is 2.31. The van der Waals surface area contributed by atoms with Crippen molar-refractivity contribution in [1.29, 1.82) is 0 Å². The van der Waals surface area contributed by atoms with Gasteiger partial charge in [-0.05, 0) is 71.5 Å². The first-order valence-corrected chi connectivity index (χ1v) is 9.86. The van der Waals surface area contributed by atoms with Crippen molar-refractivity contribution in [3.05, 3.63) is 70.3 Å².